The molecule has 0 aromatic rings. The zero-order valence-corrected chi connectivity index (χ0v) is 11.4. The number of rotatable bonds is 7. The van der Waals surface area contributed by atoms with E-state index in [4.69, 9.17) is 0 Å². The molecule has 1 saturated carbocycles. The molecule has 0 bridgehead atoms. The van der Waals surface area contributed by atoms with E-state index in [-0.39, 0.29) is 22.9 Å². The van der Waals surface area contributed by atoms with Crippen molar-refractivity contribution < 1.29 is 13.2 Å². The zero-order chi connectivity index (χ0) is 12.9. The molecule has 0 aliphatic heterocycles. The molecule has 1 aliphatic carbocycles. The van der Waals surface area contributed by atoms with Crippen molar-refractivity contribution in [2.75, 3.05) is 18.8 Å². The van der Waals surface area contributed by atoms with Crippen LogP contribution in [0.1, 0.15) is 39.5 Å². The van der Waals surface area contributed by atoms with Crippen molar-refractivity contribution in [2.24, 2.45) is 11.3 Å². The molecule has 17 heavy (non-hydrogen) atoms. The van der Waals surface area contributed by atoms with Gasteiger partial charge in [-0.05, 0) is 37.1 Å². The van der Waals surface area contributed by atoms with Gasteiger partial charge in [0.2, 0.25) is 0 Å². The Morgan fingerprint density at radius 2 is 1.94 bits per heavy atom. The average molecular weight is 269 g/mol. The van der Waals surface area contributed by atoms with Crippen LogP contribution in [0.25, 0.3) is 0 Å². The maximum atomic E-state index is 12.1. The highest BCUT2D eigenvalue weighted by Gasteiger charge is 2.37. The maximum absolute atomic E-state index is 12.1. The quantitative estimate of drug-likeness (QED) is 0.748. The molecule has 0 saturated heterocycles. The molecule has 0 aromatic heterocycles. The van der Waals surface area contributed by atoms with Crippen LogP contribution in [0.4, 0.5) is 13.2 Å². The van der Waals surface area contributed by atoms with Crippen molar-refractivity contribution in [2.45, 2.75) is 45.0 Å². The van der Waals surface area contributed by atoms with E-state index in [2.05, 4.69) is 19.2 Å². The van der Waals surface area contributed by atoms with E-state index in [9.17, 15) is 13.2 Å². The lowest BCUT2D eigenvalue weighted by Crippen LogP contribution is -2.41. The summed E-state index contributed by atoms with van der Waals surface area (Å²) >= 11 is 0.122. The van der Waals surface area contributed by atoms with Gasteiger partial charge in [0, 0.05) is 12.3 Å². The summed E-state index contributed by atoms with van der Waals surface area (Å²) in [5.41, 5.74) is -3.93. The van der Waals surface area contributed by atoms with Crippen LogP contribution in [-0.2, 0) is 0 Å². The van der Waals surface area contributed by atoms with E-state index in [0.717, 1.165) is 25.9 Å². The first-order chi connectivity index (χ1) is 7.83. The minimum atomic E-state index is -4.07. The Morgan fingerprint density at radius 3 is 2.35 bits per heavy atom. The van der Waals surface area contributed by atoms with Crippen LogP contribution in [0.15, 0.2) is 0 Å². The van der Waals surface area contributed by atoms with Gasteiger partial charge in [0.05, 0.1) is 0 Å². The second kappa shape index (κ2) is 6.32. The summed E-state index contributed by atoms with van der Waals surface area (Å²) < 4.78 is 36.2. The van der Waals surface area contributed by atoms with Crippen molar-refractivity contribution in [1.29, 1.82) is 0 Å². The lowest BCUT2D eigenvalue weighted by molar-refractivity contribution is -0.0330. The predicted molar refractivity (Wildman–Crippen MR) is 67.1 cm³/mol. The first-order valence-corrected chi connectivity index (χ1v) is 7.23. The van der Waals surface area contributed by atoms with Crippen LogP contribution in [0.5, 0.6) is 0 Å². The molecule has 102 valence electrons. The topological polar surface area (TPSA) is 12.0 Å². The fraction of sp³-hybridized carbons (Fsp3) is 1.00. The van der Waals surface area contributed by atoms with Crippen molar-refractivity contribution >= 4 is 11.8 Å². The van der Waals surface area contributed by atoms with Crippen molar-refractivity contribution in [3.63, 3.8) is 0 Å². The summed E-state index contributed by atoms with van der Waals surface area (Å²) in [5.74, 6) is 0.795. The van der Waals surface area contributed by atoms with Gasteiger partial charge in [-0.25, -0.2) is 0 Å². The van der Waals surface area contributed by atoms with Gasteiger partial charge in [-0.3, -0.25) is 0 Å². The van der Waals surface area contributed by atoms with Gasteiger partial charge >= 0.3 is 5.51 Å². The van der Waals surface area contributed by atoms with E-state index in [1.54, 1.807) is 0 Å². The molecule has 1 N–H and O–H groups in total. The number of alkyl halides is 3. The smallest absolute Gasteiger partial charge is 0.316 e. The van der Waals surface area contributed by atoms with Gasteiger partial charge in [0.1, 0.15) is 0 Å². The minimum absolute atomic E-state index is 0.122. The number of halogens is 3. The molecule has 0 aromatic carbocycles. The molecule has 1 fully saturated rings. The van der Waals surface area contributed by atoms with Gasteiger partial charge in [0.25, 0.3) is 0 Å². The maximum Gasteiger partial charge on any atom is 0.441 e. The molecule has 1 aliphatic rings. The molecule has 0 radical (unpaired) electrons. The number of hydrogen-bond donors (Lipinski definition) is 1. The van der Waals surface area contributed by atoms with Crippen molar-refractivity contribution in [1.82, 2.24) is 5.32 Å². The highest BCUT2D eigenvalue weighted by Crippen LogP contribution is 2.45. The second-order valence-corrected chi connectivity index (χ2v) is 6.58. The third-order valence-electron chi connectivity index (χ3n) is 3.36. The molecule has 1 rings (SSSR count). The monoisotopic (exact) mass is 269 g/mol. The lowest BCUT2D eigenvalue weighted by Gasteiger charge is -2.42. The SMILES string of the molecule is CC(C)CNCC1(CCSC(F)(F)F)CCC1. The second-order valence-electron chi connectivity index (χ2n) is 5.42. The average Bonchev–Trinajstić information content (AvgIpc) is 2.10. The third-order valence-corrected chi connectivity index (χ3v) is 4.10. The molecule has 0 atom stereocenters. The Bertz CT molecular complexity index is 224. The van der Waals surface area contributed by atoms with E-state index in [1.807, 2.05) is 0 Å². The van der Waals surface area contributed by atoms with Crippen LogP contribution in [0.3, 0.4) is 0 Å². The van der Waals surface area contributed by atoms with Gasteiger partial charge < -0.3 is 5.32 Å². The Morgan fingerprint density at radius 1 is 1.29 bits per heavy atom. The van der Waals surface area contributed by atoms with Crippen molar-refractivity contribution in [3.8, 4) is 0 Å². The van der Waals surface area contributed by atoms with Gasteiger partial charge in [-0.2, -0.15) is 13.2 Å². The fourth-order valence-corrected chi connectivity index (χ4v) is 2.97. The highest BCUT2D eigenvalue weighted by atomic mass is 32.2. The molecule has 0 unspecified atom stereocenters. The lowest BCUT2D eigenvalue weighted by atomic mass is 9.67. The summed E-state index contributed by atoms with van der Waals surface area (Å²) in [6.45, 7) is 6.11. The summed E-state index contributed by atoms with van der Waals surface area (Å²) in [7, 11) is 0. The predicted octanol–water partition coefficient (Wildman–Crippen LogP) is 4.05. The molecule has 1 nitrogen and oxygen atoms in total. The van der Waals surface area contributed by atoms with Gasteiger partial charge in [-0.1, -0.05) is 32.0 Å². The molecule has 5 heteroatoms. The summed E-state index contributed by atoms with van der Waals surface area (Å²) in [5, 5.41) is 3.38. The molecule has 0 spiro atoms. The summed E-state index contributed by atoms with van der Waals surface area (Å²) in [4.78, 5) is 0. The number of hydrogen-bond acceptors (Lipinski definition) is 2. The molecule has 0 amide bonds. The van der Waals surface area contributed by atoms with Crippen molar-refractivity contribution in [3.05, 3.63) is 0 Å². The Labute approximate surface area is 106 Å². The van der Waals surface area contributed by atoms with Crippen LogP contribution in [0.2, 0.25) is 0 Å². The van der Waals surface area contributed by atoms with Crippen LogP contribution >= 0.6 is 11.8 Å². The Kier molecular flexibility index (Phi) is 5.64. The van der Waals surface area contributed by atoms with E-state index in [1.165, 1.54) is 6.42 Å². The van der Waals surface area contributed by atoms with Gasteiger partial charge in [0.15, 0.2) is 0 Å². The normalized spacial score (nSPS) is 19.4. The number of nitrogens with one attached hydrogen (secondary N) is 1. The molecular formula is C12H22F3NS. The summed E-state index contributed by atoms with van der Waals surface area (Å²) in [6, 6.07) is 0. The number of thioether (sulfide) groups is 1. The van der Waals surface area contributed by atoms with E-state index in [0.29, 0.717) is 12.3 Å². The Balaban J connectivity index is 2.21. The van der Waals surface area contributed by atoms with Crippen LogP contribution in [0, 0.1) is 11.3 Å². The fourth-order valence-electron chi connectivity index (χ4n) is 2.20. The summed E-state index contributed by atoms with van der Waals surface area (Å²) in [6.07, 6.45) is 4.01. The first-order valence-electron chi connectivity index (χ1n) is 6.24. The largest absolute Gasteiger partial charge is 0.441 e. The minimum Gasteiger partial charge on any atom is -0.316 e. The zero-order valence-electron chi connectivity index (χ0n) is 10.6. The molecular weight excluding hydrogens is 247 g/mol. The highest BCUT2D eigenvalue weighted by molar-refractivity contribution is 8.00. The first kappa shape index (κ1) is 15.2. The molecule has 0 heterocycles. The Hall–Kier alpha value is 0.100. The van der Waals surface area contributed by atoms with Gasteiger partial charge in [-0.15, -0.1) is 0 Å². The van der Waals surface area contributed by atoms with Crippen LogP contribution < -0.4 is 5.32 Å². The van der Waals surface area contributed by atoms with E-state index < -0.39 is 5.51 Å². The van der Waals surface area contributed by atoms with Crippen LogP contribution in [-0.4, -0.2) is 24.4 Å². The van der Waals surface area contributed by atoms with E-state index >= 15 is 0 Å². The standard InChI is InChI=1S/C12H22F3NS/c1-10(2)8-16-9-11(4-3-5-11)6-7-17-12(13,14)15/h10,16H,3-9H2,1-2H3. The third kappa shape index (κ3) is 6.00.